The van der Waals surface area contributed by atoms with Gasteiger partial charge in [0.2, 0.25) is 0 Å². The maximum absolute atomic E-state index is 11.1. The van der Waals surface area contributed by atoms with Crippen molar-refractivity contribution in [1.29, 1.82) is 0 Å². The molecule has 1 aliphatic heterocycles. The van der Waals surface area contributed by atoms with E-state index < -0.39 is 5.97 Å². The molecule has 1 heterocycles. The lowest BCUT2D eigenvalue weighted by atomic mass is 10.1. The molecule has 0 spiro atoms. The summed E-state index contributed by atoms with van der Waals surface area (Å²) in [5, 5.41) is 0. The summed E-state index contributed by atoms with van der Waals surface area (Å²) in [6.45, 7) is 0.470. The maximum Gasteiger partial charge on any atom is 0.330 e. The van der Waals surface area contributed by atoms with Gasteiger partial charge in [-0.3, -0.25) is 4.79 Å². The van der Waals surface area contributed by atoms with Crippen LogP contribution in [0.1, 0.15) is 32.1 Å². The molecule has 0 N–H and O–H groups in total. The van der Waals surface area contributed by atoms with Crippen molar-refractivity contribution in [3.63, 3.8) is 0 Å². The Morgan fingerprint density at radius 1 is 1.00 bits per heavy atom. The van der Waals surface area contributed by atoms with Gasteiger partial charge >= 0.3 is 5.97 Å². The Morgan fingerprint density at radius 3 is 2.62 bits per heavy atom. The number of esters is 1. The van der Waals surface area contributed by atoms with Crippen LogP contribution in [0.25, 0.3) is 0 Å². The molecule has 0 aromatic rings. The topological polar surface area (TPSA) is 43.4 Å². The van der Waals surface area contributed by atoms with Crippen molar-refractivity contribution in [3.05, 3.63) is 12.2 Å². The van der Waals surface area contributed by atoms with Gasteiger partial charge in [0.25, 0.3) is 0 Å². The van der Waals surface area contributed by atoms with E-state index in [4.69, 9.17) is 4.74 Å². The minimum absolute atomic E-state index is 0.0128. The second-order valence-corrected chi connectivity index (χ2v) is 3.13. The molecule has 0 saturated carbocycles. The minimum atomic E-state index is -0.407. The Hall–Kier alpha value is -1.12. The second kappa shape index (κ2) is 5.51. The third-order valence-corrected chi connectivity index (χ3v) is 1.97. The van der Waals surface area contributed by atoms with Crippen LogP contribution in [0, 0.1) is 0 Å². The highest BCUT2D eigenvalue weighted by Gasteiger charge is 2.02. The van der Waals surface area contributed by atoms with Gasteiger partial charge in [-0.05, 0) is 18.9 Å². The first-order valence-corrected chi connectivity index (χ1v) is 4.67. The number of hydrogen-bond acceptors (Lipinski definition) is 3. The van der Waals surface area contributed by atoms with Gasteiger partial charge < -0.3 is 4.74 Å². The van der Waals surface area contributed by atoms with Crippen molar-refractivity contribution < 1.29 is 14.3 Å². The normalized spacial score (nSPS) is 23.1. The zero-order valence-corrected chi connectivity index (χ0v) is 7.62. The number of allylic oxidation sites excluding steroid dienone is 1. The van der Waals surface area contributed by atoms with Crippen LogP contribution in [0.3, 0.4) is 0 Å². The van der Waals surface area contributed by atoms with Gasteiger partial charge in [-0.25, -0.2) is 4.79 Å². The van der Waals surface area contributed by atoms with E-state index >= 15 is 0 Å². The molecule has 0 bridgehead atoms. The Kier molecular flexibility index (Phi) is 4.23. The summed E-state index contributed by atoms with van der Waals surface area (Å²) in [4.78, 5) is 22.0. The fourth-order valence-electron chi connectivity index (χ4n) is 1.22. The van der Waals surface area contributed by atoms with E-state index in [0.29, 0.717) is 13.0 Å². The highest BCUT2D eigenvalue weighted by molar-refractivity contribution is 5.95. The van der Waals surface area contributed by atoms with E-state index in [2.05, 4.69) is 0 Å². The molecule has 3 nitrogen and oxygen atoms in total. The van der Waals surface area contributed by atoms with Gasteiger partial charge in [-0.1, -0.05) is 12.8 Å². The van der Waals surface area contributed by atoms with Crippen LogP contribution in [0.15, 0.2) is 12.2 Å². The molecule has 0 aliphatic carbocycles. The summed E-state index contributed by atoms with van der Waals surface area (Å²) >= 11 is 0. The first-order valence-electron chi connectivity index (χ1n) is 4.67. The smallest absolute Gasteiger partial charge is 0.330 e. The largest absolute Gasteiger partial charge is 0.463 e. The van der Waals surface area contributed by atoms with Crippen LogP contribution >= 0.6 is 0 Å². The van der Waals surface area contributed by atoms with Gasteiger partial charge in [-0.2, -0.15) is 0 Å². The van der Waals surface area contributed by atoms with Crippen LogP contribution in [0.4, 0.5) is 0 Å². The van der Waals surface area contributed by atoms with Crippen molar-refractivity contribution in [2.45, 2.75) is 32.1 Å². The van der Waals surface area contributed by atoms with Crippen molar-refractivity contribution in [1.82, 2.24) is 0 Å². The highest BCUT2D eigenvalue weighted by Crippen LogP contribution is 2.05. The number of rotatable bonds is 0. The summed E-state index contributed by atoms with van der Waals surface area (Å²) in [7, 11) is 0. The SMILES string of the molecule is O=C1/C=C\C(=O)OCCCCCC1. The number of ketones is 1. The Balaban J connectivity index is 2.46. The molecular formula is C10H14O3. The number of hydrogen-bond donors (Lipinski definition) is 0. The van der Waals surface area contributed by atoms with E-state index in [1.54, 1.807) is 0 Å². The summed E-state index contributed by atoms with van der Waals surface area (Å²) < 4.78 is 4.84. The minimum Gasteiger partial charge on any atom is -0.463 e. The predicted molar refractivity (Wildman–Crippen MR) is 48.2 cm³/mol. The van der Waals surface area contributed by atoms with E-state index in [-0.39, 0.29) is 5.78 Å². The van der Waals surface area contributed by atoms with Gasteiger partial charge in [0.15, 0.2) is 5.78 Å². The molecule has 0 aromatic carbocycles. The van der Waals surface area contributed by atoms with Crippen LogP contribution in [0.5, 0.6) is 0 Å². The molecule has 0 amide bonds. The molecule has 13 heavy (non-hydrogen) atoms. The van der Waals surface area contributed by atoms with E-state index in [0.717, 1.165) is 25.7 Å². The molecule has 72 valence electrons. The average molecular weight is 182 g/mol. The van der Waals surface area contributed by atoms with Crippen molar-refractivity contribution in [2.24, 2.45) is 0 Å². The van der Waals surface area contributed by atoms with Crippen LogP contribution < -0.4 is 0 Å². The Morgan fingerprint density at radius 2 is 1.77 bits per heavy atom. The van der Waals surface area contributed by atoms with Crippen LogP contribution in [-0.2, 0) is 14.3 Å². The summed E-state index contributed by atoms with van der Waals surface area (Å²) in [5.74, 6) is -0.394. The number of cyclic esters (lactones) is 1. The van der Waals surface area contributed by atoms with E-state index in [1.807, 2.05) is 0 Å². The maximum atomic E-state index is 11.1. The number of carbonyl (C=O) groups is 2. The third kappa shape index (κ3) is 4.45. The quantitative estimate of drug-likeness (QED) is 0.535. The number of ether oxygens (including phenoxy) is 1. The molecule has 0 unspecified atom stereocenters. The zero-order chi connectivity index (χ0) is 9.52. The third-order valence-electron chi connectivity index (χ3n) is 1.97. The summed E-state index contributed by atoms with van der Waals surface area (Å²) in [6.07, 6.45) is 6.95. The van der Waals surface area contributed by atoms with Crippen molar-refractivity contribution in [3.8, 4) is 0 Å². The molecule has 0 radical (unpaired) electrons. The molecule has 0 atom stereocenters. The fourth-order valence-corrected chi connectivity index (χ4v) is 1.22. The first-order chi connectivity index (χ1) is 6.29. The van der Waals surface area contributed by atoms with Gasteiger partial charge in [0.05, 0.1) is 6.61 Å². The standard InChI is InChI=1S/C10H14O3/c11-9-5-3-1-2-4-8-13-10(12)7-6-9/h6-7H,1-5,8H2/b7-6-. The predicted octanol–water partition coefficient (Wildman–Crippen LogP) is 1.62. The molecule has 0 fully saturated rings. The van der Waals surface area contributed by atoms with Crippen molar-refractivity contribution in [2.75, 3.05) is 6.61 Å². The fraction of sp³-hybridized carbons (Fsp3) is 0.600. The Labute approximate surface area is 77.8 Å². The zero-order valence-electron chi connectivity index (χ0n) is 7.62. The summed E-state index contributed by atoms with van der Waals surface area (Å²) in [5.41, 5.74) is 0. The molecule has 0 aromatic heterocycles. The highest BCUT2D eigenvalue weighted by atomic mass is 16.5. The van der Waals surface area contributed by atoms with E-state index in [1.165, 1.54) is 12.2 Å². The van der Waals surface area contributed by atoms with Gasteiger partial charge in [0, 0.05) is 12.5 Å². The molecular weight excluding hydrogens is 168 g/mol. The van der Waals surface area contributed by atoms with Crippen LogP contribution in [0.2, 0.25) is 0 Å². The molecule has 0 saturated heterocycles. The molecule has 1 rings (SSSR count). The number of carbonyl (C=O) groups excluding carboxylic acids is 2. The molecule has 3 heteroatoms. The van der Waals surface area contributed by atoms with Crippen LogP contribution in [-0.4, -0.2) is 18.4 Å². The monoisotopic (exact) mass is 182 g/mol. The first kappa shape index (κ1) is 9.96. The lowest BCUT2D eigenvalue weighted by Crippen LogP contribution is -2.02. The van der Waals surface area contributed by atoms with Crippen molar-refractivity contribution >= 4 is 11.8 Å². The lowest BCUT2D eigenvalue weighted by molar-refractivity contribution is -0.138. The Bertz CT molecular complexity index is 196. The van der Waals surface area contributed by atoms with Gasteiger partial charge in [0.1, 0.15) is 0 Å². The molecule has 1 aliphatic rings. The van der Waals surface area contributed by atoms with E-state index in [9.17, 15) is 9.59 Å². The van der Waals surface area contributed by atoms with Gasteiger partial charge in [-0.15, -0.1) is 0 Å². The second-order valence-electron chi connectivity index (χ2n) is 3.13. The lowest BCUT2D eigenvalue weighted by Gasteiger charge is -1.99. The average Bonchev–Trinajstić information content (AvgIpc) is 2.15. The summed E-state index contributed by atoms with van der Waals surface area (Å²) in [6, 6.07) is 0.